The normalized spacial score (nSPS) is 16.8. The van der Waals surface area contributed by atoms with Crippen LogP contribution in [0.1, 0.15) is 36.0 Å². The van der Waals surface area contributed by atoms with E-state index in [0.717, 1.165) is 24.0 Å². The Hall–Kier alpha value is -0.890. The molecule has 0 aromatic carbocycles. The van der Waals surface area contributed by atoms with Crippen LogP contribution in [-0.4, -0.2) is 5.78 Å². The summed E-state index contributed by atoms with van der Waals surface area (Å²) in [5, 5.41) is 3.88. The lowest BCUT2D eigenvalue weighted by Gasteiger charge is -2.10. The molecule has 68 valence electrons. The summed E-state index contributed by atoms with van der Waals surface area (Å²) in [7, 11) is 0. The fourth-order valence-electron chi connectivity index (χ4n) is 1.62. The number of allylic oxidation sites excluding steroid dienone is 2. The van der Waals surface area contributed by atoms with Crippen molar-refractivity contribution in [2.24, 2.45) is 0 Å². The molecule has 0 fully saturated rings. The first-order valence-electron chi connectivity index (χ1n) is 4.64. The van der Waals surface area contributed by atoms with E-state index in [9.17, 15) is 4.79 Å². The van der Waals surface area contributed by atoms with Crippen LogP contribution in [0.25, 0.3) is 0 Å². The molecule has 2 rings (SSSR count). The summed E-state index contributed by atoms with van der Waals surface area (Å²) in [4.78, 5) is 11.8. The van der Waals surface area contributed by atoms with E-state index in [1.807, 2.05) is 16.8 Å². The quantitative estimate of drug-likeness (QED) is 0.656. The van der Waals surface area contributed by atoms with E-state index in [1.165, 1.54) is 12.8 Å². The van der Waals surface area contributed by atoms with E-state index in [4.69, 9.17) is 0 Å². The summed E-state index contributed by atoms with van der Waals surface area (Å²) in [6, 6.07) is 1.91. The van der Waals surface area contributed by atoms with Gasteiger partial charge in [0, 0.05) is 10.9 Å². The van der Waals surface area contributed by atoms with E-state index in [-0.39, 0.29) is 5.78 Å². The van der Waals surface area contributed by atoms with Gasteiger partial charge in [-0.2, -0.15) is 11.3 Å². The zero-order chi connectivity index (χ0) is 9.10. The van der Waals surface area contributed by atoms with Gasteiger partial charge in [0.15, 0.2) is 5.78 Å². The van der Waals surface area contributed by atoms with Crippen LogP contribution in [0.2, 0.25) is 0 Å². The minimum atomic E-state index is 0.237. The molecule has 0 spiro atoms. The lowest BCUT2D eigenvalue weighted by Crippen LogP contribution is -2.04. The van der Waals surface area contributed by atoms with Gasteiger partial charge < -0.3 is 0 Å². The van der Waals surface area contributed by atoms with Crippen LogP contribution in [0.4, 0.5) is 0 Å². The minimum absolute atomic E-state index is 0.237. The van der Waals surface area contributed by atoms with E-state index < -0.39 is 0 Å². The molecule has 13 heavy (non-hydrogen) atoms. The molecule has 1 aromatic heterocycles. The van der Waals surface area contributed by atoms with Crippen molar-refractivity contribution in [1.29, 1.82) is 0 Å². The average molecular weight is 192 g/mol. The molecule has 1 aliphatic carbocycles. The first kappa shape index (κ1) is 8.70. The standard InChI is InChI=1S/C11H12OS/c12-11(10-6-7-13-8-10)9-4-2-1-3-5-9/h4,6-8H,1-3,5H2. The van der Waals surface area contributed by atoms with Gasteiger partial charge in [0.1, 0.15) is 0 Å². The summed E-state index contributed by atoms with van der Waals surface area (Å²) in [5.74, 6) is 0.237. The maximum Gasteiger partial charge on any atom is 0.189 e. The van der Waals surface area contributed by atoms with Crippen molar-refractivity contribution in [2.75, 3.05) is 0 Å². The molecule has 0 N–H and O–H groups in total. The number of ketones is 1. The first-order chi connectivity index (χ1) is 6.38. The zero-order valence-electron chi connectivity index (χ0n) is 7.45. The molecule has 1 aliphatic rings. The third kappa shape index (κ3) is 1.89. The predicted molar refractivity (Wildman–Crippen MR) is 55.2 cm³/mol. The summed E-state index contributed by atoms with van der Waals surface area (Å²) in [6.07, 6.45) is 6.55. The van der Waals surface area contributed by atoms with Gasteiger partial charge in [-0.15, -0.1) is 0 Å². The number of carbonyl (C=O) groups excluding carboxylic acids is 1. The van der Waals surface area contributed by atoms with Gasteiger partial charge >= 0.3 is 0 Å². The van der Waals surface area contributed by atoms with E-state index in [2.05, 4.69) is 6.08 Å². The number of carbonyl (C=O) groups is 1. The van der Waals surface area contributed by atoms with Gasteiger partial charge in [-0.3, -0.25) is 4.79 Å². The second-order valence-corrected chi connectivity index (χ2v) is 4.10. The van der Waals surface area contributed by atoms with Gasteiger partial charge in [-0.25, -0.2) is 0 Å². The van der Waals surface area contributed by atoms with Crippen LogP contribution in [0, 0.1) is 0 Å². The van der Waals surface area contributed by atoms with E-state index in [0.29, 0.717) is 0 Å². The molecular weight excluding hydrogens is 180 g/mol. The van der Waals surface area contributed by atoms with Crippen molar-refractivity contribution in [2.45, 2.75) is 25.7 Å². The van der Waals surface area contributed by atoms with Crippen molar-refractivity contribution in [3.63, 3.8) is 0 Å². The summed E-state index contributed by atoms with van der Waals surface area (Å²) in [6.45, 7) is 0. The highest BCUT2D eigenvalue weighted by molar-refractivity contribution is 7.08. The minimum Gasteiger partial charge on any atom is -0.289 e. The molecule has 0 aliphatic heterocycles. The zero-order valence-corrected chi connectivity index (χ0v) is 8.27. The van der Waals surface area contributed by atoms with Crippen LogP contribution in [0.15, 0.2) is 28.5 Å². The Balaban J connectivity index is 2.17. The van der Waals surface area contributed by atoms with Crippen molar-refractivity contribution in [3.05, 3.63) is 34.0 Å². The Labute approximate surface area is 82.1 Å². The van der Waals surface area contributed by atoms with Gasteiger partial charge in [-0.05, 0) is 42.7 Å². The van der Waals surface area contributed by atoms with E-state index >= 15 is 0 Å². The molecule has 0 bridgehead atoms. The smallest absolute Gasteiger partial charge is 0.189 e. The Kier molecular flexibility index (Phi) is 2.60. The third-order valence-corrected chi connectivity index (χ3v) is 3.05. The van der Waals surface area contributed by atoms with Crippen molar-refractivity contribution < 1.29 is 4.79 Å². The summed E-state index contributed by atoms with van der Waals surface area (Å²) in [5.41, 5.74) is 1.88. The van der Waals surface area contributed by atoms with Crippen LogP contribution >= 0.6 is 11.3 Å². The number of rotatable bonds is 2. The van der Waals surface area contributed by atoms with Crippen LogP contribution < -0.4 is 0 Å². The monoisotopic (exact) mass is 192 g/mol. The summed E-state index contributed by atoms with van der Waals surface area (Å²) >= 11 is 1.58. The lowest BCUT2D eigenvalue weighted by atomic mass is 9.94. The highest BCUT2D eigenvalue weighted by Crippen LogP contribution is 2.22. The highest BCUT2D eigenvalue weighted by atomic mass is 32.1. The van der Waals surface area contributed by atoms with Crippen molar-refractivity contribution in [1.82, 2.24) is 0 Å². The fourth-order valence-corrected chi connectivity index (χ4v) is 2.26. The number of Topliss-reactive ketones (excluding diaryl/α,β-unsaturated/α-hetero) is 1. The fraction of sp³-hybridized carbons (Fsp3) is 0.364. The SMILES string of the molecule is O=C(C1=CCCCC1)c1ccsc1. The molecule has 0 unspecified atom stereocenters. The third-order valence-electron chi connectivity index (χ3n) is 2.37. The van der Waals surface area contributed by atoms with Gasteiger partial charge in [-0.1, -0.05) is 6.08 Å². The first-order valence-corrected chi connectivity index (χ1v) is 5.58. The van der Waals surface area contributed by atoms with E-state index in [1.54, 1.807) is 11.3 Å². The molecule has 2 heteroatoms. The maximum absolute atomic E-state index is 11.8. The Bertz CT molecular complexity index is 322. The molecule has 1 nitrogen and oxygen atoms in total. The predicted octanol–water partition coefficient (Wildman–Crippen LogP) is 3.43. The molecule has 0 atom stereocenters. The Morgan fingerprint density at radius 1 is 1.38 bits per heavy atom. The number of thiophene rings is 1. The van der Waals surface area contributed by atoms with Crippen molar-refractivity contribution in [3.8, 4) is 0 Å². The molecule has 0 amide bonds. The van der Waals surface area contributed by atoms with Gasteiger partial charge in [0.2, 0.25) is 0 Å². The van der Waals surface area contributed by atoms with Crippen LogP contribution in [0.3, 0.4) is 0 Å². The van der Waals surface area contributed by atoms with Gasteiger partial charge in [0.05, 0.1) is 0 Å². The number of hydrogen-bond donors (Lipinski definition) is 0. The Morgan fingerprint density at radius 2 is 2.31 bits per heavy atom. The number of hydrogen-bond acceptors (Lipinski definition) is 2. The molecule has 1 aromatic rings. The lowest BCUT2D eigenvalue weighted by molar-refractivity contribution is 0.102. The maximum atomic E-state index is 11.8. The van der Waals surface area contributed by atoms with Gasteiger partial charge in [0.25, 0.3) is 0 Å². The molecule has 0 saturated carbocycles. The molecule has 0 radical (unpaired) electrons. The molecule has 1 heterocycles. The molecule has 0 saturated heterocycles. The average Bonchev–Trinajstić information content (AvgIpc) is 2.71. The highest BCUT2D eigenvalue weighted by Gasteiger charge is 2.13. The summed E-state index contributed by atoms with van der Waals surface area (Å²) < 4.78 is 0. The Morgan fingerprint density at radius 3 is 2.92 bits per heavy atom. The van der Waals surface area contributed by atoms with Crippen LogP contribution in [0.5, 0.6) is 0 Å². The van der Waals surface area contributed by atoms with Crippen LogP contribution in [-0.2, 0) is 0 Å². The largest absolute Gasteiger partial charge is 0.289 e. The second-order valence-electron chi connectivity index (χ2n) is 3.32. The molecular formula is C11H12OS. The topological polar surface area (TPSA) is 17.1 Å². The van der Waals surface area contributed by atoms with Crippen molar-refractivity contribution >= 4 is 17.1 Å². The second kappa shape index (κ2) is 3.88.